The fraction of sp³-hybridized carbons (Fsp3) is 0.875. The van der Waals surface area contributed by atoms with Crippen LogP contribution in [0.15, 0.2) is 0 Å². The van der Waals surface area contributed by atoms with Gasteiger partial charge in [-0.1, -0.05) is 6.42 Å². The molecule has 0 heterocycles. The molecule has 0 aromatic heterocycles. The van der Waals surface area contributed by atoms with E-state index in [0.717, 1.165) is 12.8 Å². The van der Waals surface area contributed by atoms with Crippen molar-refractivity contribution in [3.8, 4) is 0 Å². The van der Waals surface area contributed by atoms with Gasteiger partial charge in [0.25, 0.3) is 0 Å². The SMILES string of the molecule is O=C(O)[C@]1(Cl)C[C@@H]2CC[C@@H]1C2. The molecule has 1 N–H and O–H groups in total. The second-order valence-electron chi connectivity index (χ2n) is 3.75. The Bertz CT molecular complexity index is 204. The Kier molecular flexibility index (Phi) is 1.43. The quantitative estimate of drug-likeness (QED) is 0.617. The summed E-state index contributed by atoms with van der Waals surface area (Å²) in [6.45, 7) is 0. The van der Waals surface area contributed by atoms with E-state index in [-0.39, 0.29) is 5.92 Å². The van der Waals surface area contributed by atoms with Gasteiger partial charge < -0.3 is 5.11 Å². The Morgan fingerprint density at radius 3 is 2.55 bits per heavy atom. The van der Waals surface area contributed by atoms with Crippen molar-refractivity contribution in [2.75, 3.05) is 0 Å². The summed E-state index contributed by atoms with van der Waals surface area (Å²) in [5.41, 5.74) is 0. The summed E-state index contributed by atoms with van der Waals surface area (Å²) >= 11 is 6.00. The highest BCUT2D eigenvalue weighted by molar-refractivity contribution is 6.34. The Labute approximate surface area is 70.5 Å². The standard InChI is InChI=1S/C8H11ClO2/c9-8(7(10)11)4-5-1-2-6(8)3-5/h5-6H,1-4H2,(H,10,11)/t5-,6-,8+/m1/s1. The second kappa shape index (κ2) is 2.13. The maximum absolute atomic E-state index is 10.8. The predicted molar refractivity (Wildman–Crippen MR) is 41.7 cm³/mol. The number of rotatable bonds is 1. The van der Waals surface area contributed by atoms with E-state index in [1.807, 2.05) is 0 Å². The van der Waals surface area contributed by atoms with E-state index < -0.39 is 10.8 Å². The molecule has 2 rings (SSSR count). The van der Waals surface area contributed by atoms with E-state index in [1.54, 1.807) is 0 Å². The van der Waals surface area contributed by atoms with Gasteiger partial charge in [0.1, 0.15) is 4.87 Å². The van der Waals surface area contributed by atoms with Gasteiger partial charge in [0.05, 0.1) is 0 Å². The van der Waals surface area contributed by atoms with Crippen molar-refractivity contribution in [3.63, 3.8) is 0 Å². The van der Waals surface area contributed by atoms with Gasteiger partial charge in [-0.3, -0.25) is 4.79 Å². The number of carboxylic acids is 1. The number of alkyl halides is 1. The monoisotopic (exact) mass is 174 g/mol. The highest BCUT2D eigenvalue weighted by Gasteiger charge is 2.54. The summed E-state index contributed by atoms with van der Waals surface area (Å²) < 4.78 is 0. The molecule has 0 spiro atoms. The van der Waals surface area contributed by atoms with Crippen molar-refractivity contribution in [2.45, 2.75) is 30.6 Å². The third kappa shape index (κ3) is 0.886. The first-order valence-electron chi connectivity index (χ1n) is 4.05. The Balaban J connectivity index is 2.23. The minimum Gasteiger partial charge on any atom is -0.480 e. The first-order chi connectivity index (χ1) is 5.13. The van der Waals surface area contributed by atoms with Crippen LogP contribution in [-0.4, -0.2) is 16.0 Å². The van der Waals surface area contributed by atoms with Crippen molar-refractivity contribution >= 4 is 17.6 Å². The minimum absolute atomic E-state index is 0.242. The normalized spacial score (nSPS) is 48.1. The first kappa shape index (κ1) is 7.41. The minimum atomic E-state index is -0.900. The van der Waals surface area contributed by atoms with Crippen LogP contribution in [0.5, 0.6) is 0 Å². The molecule has 2 nitrogen and oxygen atoms in total. The van der Waals surface area contributed by atoms with Crippen LogP contribution in [0.2, 0.25) is 0 Å². The van der Waals surface area contributed by atoms with E-state index in [9.17, 15) is 4.79 Å². The molecule has 2 bridgehead atoms. The summed E-state index contributed by atoms with van der Waals surface area (Å²) in [5, 5.41) is 8.86. The lowest BCUT2D eigenvalue weighted by atomic mass is 9.88. The average molecular weight is 175 g/mol. The fourth-order valence-electron chi connectivity index (χ4n) is 2.52. The smallest absolute Gasteiger partial charge is 0.325 e. The third-order valence-electron chi connectivity index (χ3n) is 3.13. The van der Waals surface area contributed by atoms with Crippen LogP contribution in [-0.2, 0) is 4.79 Å². The lowest BCUT2D eigenvalue weighted by Gasteiger charge is -2.26. The molecule has 2 saturated carbocycles. The summed E-state index contributed by atoms with van der Waals surface area (Å²) in [6, 6.07) is 0. The summed E-state index contributed by atoms with van der Waals surface area (Å²) in [6.07, 6.45) is 3.93. The van der Waals surface area contributed by atoms with Crippen LogP contribution < -0.4 is 0 Å². The van der Waals surface area contributed by atoms with Gasteiger partial charge in [-0.25, -0.2) is 0 Å². The molecular formula is C8H11ClO2. The van der Waals surface area contributed by atoms with E-state index in [0.29, 0.717) is 12.3 Å². The number of carboxylic acid groups (broad SMARTS) is 1. The summed E-state index contributed by atoms with van der Waals surface area (Å²) in [5.74, 6) is 0.0200. The highest BCUT2D eigenvalue weighted by Crippen LogP contribution is 2.54. The fourth-order valence-corrected chi connectivity index (χ4v) is 2.94. The molecule has 2 fully saturated rings. The van der Waals surface area contributed by atoms with Gasteiger partial charge in [-0.2, -0.15) is 0 Å². The molecular weight excluding hydrogens is 164 g/mol. The average Bonchev–Trinajstić information content (AvgIpc) is 2.45. The van der Waals surface area contributed by atoms with Gasteiger partial charge in [0.15, 0.2) is 0 Å². The van der Waals surface area contributed by atoms with Crippen molar-refractivity contribution in [2.24, 2.45) is 11.8 Å². The van der Waals surface area contributed by atoms with E-state index in [2.05, 4.69) is 0 Å². The number of aliphatic carboxylic acids is 1. The number of hydrogen-bond acceptors (Lipinski definition) is 1. The molecule has 2 aliphatic carbocycles. The summed E-state index contributed by atoms with van der Waals surface area (Å²) in [7, 11) is 0. The number of halogens is 1. The van der Waals surface area contributed by atoms with Crippen molar-refractivity contribution in [3.05, 3.63) is 0 Å². The maximum atomic E-state index is 10.8. The molecule has 0 radical (unpaired) electrons. The van der Waals surface area contributed by atoms with Crippen LogP contribution in [0.3, 0.4) is 0 Å². The second-order valence-corrected chi connectivity index (χ2v) is 4.42. The zero-order valence-corrected chi connectivity index (χ0v) is 6.97. The van der Waals surface area contributed by atoms with Gasteiger partial charge >= 0.3 is 5.97 Å². The van der Waals surface area contributed by atoms with Crippen LogP contribution in [0.1, 0.15) is 25.7 Å². The van der Waals surface area contributed by atoms with Crippen molar-refractivity contribution in [1.82, 2.24) is 0 Å². The number of hydrogen-bond donors (Lipinski definition) is 1. The van der Waals surface area contributed by atoms with Crippen LogP contribution in [0.25, 0.3) is 0 Å². The summed E-state index contributed by atoms with van der Waals surface area (Å²) in [4.78, 5) is 9.88. The molecule has 0 aliphatic heterocycles. The molecule has 3 heteroatoms. The molecule has 0 unspecified atom stereocenters. The van der Waals surface area contributed by atoms with Gasteiger partial charge in [0.2, 0.25) is 0 Å². The van der Waals surface area contributed by atoms with Gasteiger partial charge in [-0.15, -0.1) is 11.6 Å². The number of carbonyl (C=O) groups is 1. The lowest BCUT2D eigenvalue weighted by molar-refractivity contribution is -0.141. The molecule has 11 heavy (non-hydrogen) atoms. The molecule has 62 valence electrons. The van der Waals surface area contributed by atoms with E-state index >= 15 is 0 Å². The molecule has 2 aliphatic rings. The molecule has 0 amide bonds. The first-order valence-corrected chi connectivity index (χ1v) is 4.43. The Hall–Kier alpha value is -0.240. The van der Waals surface area contributed by atoms with Crippen molar-refractivity contribution < 1.29 is 9.90 Å². The molecule has 0 aromatic rings. The van der Waals surface area contributed by atoms with Gasteiger partial charge in [0, 0.05) is 0 Å². The zero-order valence-electron chi connectivity index (χ0n) is 6.22. The molecule has 0 saturated heterocycles. The molecule has 0 aromatic carbocycles. The molecule has 3 atom stereocenters. The van der Waals surface area contributed by atoms with Crippen LogP contribution in [0, 0.1) is 11.8 Å². The Morgan fingerprint density at radius 1 is 1.55 bits per heavy atom. The largest absolute Gasteiger partial charge is 0.480 e. The zero-order chi connectivity index (χ0) is 8.06. The number of fused-ring (bicyclic) bond motifs is 2. The van der Waals surface area contributed by atoms with Crippen LogP contribution in [0.4, 0.5) is 0 Å². The van der Waals surface area contributed by atoms with E-state index in [4.69, 9.17) is 16.7 Å². The topological polar surface area (TPSA) is 37.3 Å². The lowest BCUT2D eigenvalue weighted by Crippen LogP contribution is -2.37. The van der Waals surface area contributed by atoms with Crippen LogP contribution >= 0.6 is 11.6 Å². The maximum Gasteiger partial charge on any atom is 0.325 e. The Morgan fingerprint density at radius 2 is 2.27 bits per heavy atom. The highest BCUT2D eigenvalue weighted by atomic mass is 35.5. The third-order valence-corrected chi connectivity index (χ3v) is 3.75. The van der Waals surface area contributed by atoms with E-state index in [1.165, 1.54) is 6.42 Å². The predicted octanol–water partition coefficient (Wildman–Crippen LogP) is 1.87. The van der Waals surface area contributed by atoms with Crippen molar-refractivity contribution in [1.29, 1.82) is 0 Å². The van der Waals surface area contributed by atoms with Gasteiger partial charge in [-0.05, 0) is 31.1 Å².